The van der Waals surface area contributed by atoms with Crippen molar-refractivity contribution in [2.24, 2.45) is 7.05 Å². The molecule has 0 amide bonds. The molecule has 2 aromatic carbocycles. The van der Waals surface area contributed by atoms with Crippen LogP contribution in [-0.4, -0.2) is 4.57 Å². The van der Waals surface area contributed by atoms with E-state index in [9.17, 15) is 0 Å². The summed E-state index contributed by atoms with van der Waals surface area (Å²) in [5, 5.41) is 1.39. The normalized spacial score (nSPS) is 20.7. The van der Waals surface area contributed by atoms with Crippen molar-refractivity contribution in [1.82, 2.24) is 4.57 Å². The molecule has 0 saturated heterocycles. The number of para-hydroxylation sites is 1. The maximum atomic E-state index is 2.38. The molecule has 1 unspecified atom stereocenters. The van der Waals surface area contributed by atoms with E-state index in [0.717, 1.165) is 6.42 Å². The molecular weight excluding hydrogens is 254 g/mol. The molecule has 1 aliphatic carbocycles. The van der Waals surface area contributed by atoms with E-state index < -0.39 is 0 Å². The van der Waals surface area contributed by atoms with Crippen molar-refractivity contribution in [1.29, 1.82) is 0 Å². The van der Waals surface area contributed by atoms with E-state index in [2.05, 4.69) is 85.3 Å². The van der Waals surface area contributed by atoms with Crippen molar-refractivity contribution >= 4 is 10.9 Å². The molecule has 0 bridgehead atoms. The van der Waals surface area contributed by atoms with Crippen molar-refractivity contribution in [3.05, 3.63) is 83.6 Å². The summed E-state index contributed by atoms with van der Waals surface area (Å²) in [5.74, 6) is 0. The molecular formula is C20H19N. The number of aromatic nitrogens is 1. The van der Waals surface area contributed by atoms with Crippen LogP contribution in [-0.2, 0) is 18.9 Å². The van der Waals surface area contributed by atoms with Gasteiger partial charge in [-0.15, -0.1) is 0 Å². The third-order valence-corrected chi connectivity index (χ3v) is 4.85. The van der Waals surface area contributed by atoms with Crippen LogP contribution in [0.1, 0.15) is 23.7 Å². The monoisotopic (exact) mass is 273 g/mol. The molecule has 1 heteroatoms. The molecule has 3 aromatic rings. The summed E-state index contributed by atoms with van der Waals surface area (Å²) in [4.78, 5) is 0. The molecule has 1 aliphatic rings. The first-order valence-electron chi connectivity index (χ1n) is 7.52. The lowest BCUT2D eigenvalue weighted by Gasteiger charge is -2.32. The van der Waals surface area contributed by atoms with Crippen molar-refractivity contribution < 1.29 is 0 Å². The lowest BCUT2D eigenvalue weighted by molar-refractivity contribution is 0.635. The Hall–Kier alpha value is -2.28. The predicted molar refractivity (Wildman–Crippen MR) is 88.7 cm³/mol. The van der Waals surface area contributed by atoms with Gasteiger partial charge in [-0.2, -0.15) is 0 Å². The van der Waals surface area contributed by atoms with Crippen LogP contribution in [0, 0.1) is 0 Å². The number of aryl methyl sites for hydroxylation is 1. The summed E-state index contributed by atoms with van der Waals surface area (Å²) in [5.41, 5.74) is 5.53. The molecule has 1 atom stereocenters. The SMILES string of the molecule is Cn1c2c(c3ccccc31)CC=CC2(C)c1ccccc1. The second kappa shape index (κ2) is 4.36. The standard InChI is InChI=1S/C20H19N/c1-20(15-9-4-3-5-10-15)14-8-12-17-16-11-6-7-13-18(16)21(2)19(17)20/h3-11,13-14H,12H2,1-2H3. The van der Waals surface area contributed by atoms with Gasteiger partial charge in [-0.05, 0) is 30.5 Å². The third kappa shape index (κ3) is 1.64. The molecule has 1 nitrogen and oxygen atoms in total. The number of allylic oxidation sites excluding steroid dienone is 2. The van der Waals surface area contributed by atoms with E-state index in [1.807, 2.05) is 0 Å². The smallest absolute Gasteiger partial charge is 0.0509 e. The Kier molecular flexibility index (Phi) is 2.58. The van der Waals surface area contributed by atoms with E-state index in [0.29, 0.717) is 0 Å². The number of rotatable bonds is 1. The van der Waals surface area contributed by atoms with Crippen LogP contribution in [0.15, 0.2) is 66.7 Å². The van der Waals surface area contributed by atoms with Crippen molar-refractivity contribution in [2.45, 2.75) is 18.8 Å². The Labute approximate surface area is 125 Å². The van der Waals surface area contributed by atoms with Crippen molar-refractivity contribution in [2.75, 3.05) is 0 Å². The largest absolute Gasteiger partial charge is 0.346 e. The highest BCUT2D eigenvalue weighted by atomic mass is 15.0. The highest BCUT2D eigenvalue weighted by molar-refractivity contribution is 5.87. The zero-order valence-electron chi connectivity index (χ0n) is 12.5. The van der Waals surface area contributed by atoms with Gasteiger partial charge in [-0.3, -0.25) is 0 Å². The van der Waals surface area contributed by atoms with Crippen LogP contribution in [0.5, 0.6) is 0 Å². The predicted octanol–water partition coefficient (Wildman–Crippen LogP) is 4.60. The highest BCUT2D eigenvalue weighted by Crippen LogP contribution is 2.42. The first-order chi connectivity index (χ1) is 10.2. The van der Waals surface area contributed by atoms with Gasteiger partial charge >= 0.3 is 0 Å². The van der Waals surface area contributed by atoms with Gasteiger partial charge in [-0.1, -0.05) is 60.7 Å². The van der Waals surface area contributed by atoms with Crippen LogP contribution in [0.4, 0.5) is 0 Å². The Bertz CT molecular complexity index is 839. The van der Waals surface area contributed by atoms with Gasteiger partial charge < -0.3 is 4.57 Å². The van der Waals surface area contributed by atoms with Crippen LogP contribution >= 0.6 is 0 Å². The summed E-state index contributed by atoms with van der Waals surface area (Å²) in [6, 6.07) is 19.5. The minimum atomic E-state index is -0.0530. The molecule has 1 heterocycles. The summed E-state index contributed by atoms with van der Waals surface area (Å²) in [6.45, 7) is 2.33. The number of hydrogen-bond acceptors (Lipinski definition) is 0. The Morgan fingerprint density at radius 2 is 1.67 bits per heavy atom. The van der Waals surface area contributed by atoms with Gasteiger partial charge in [0.25, 0.3) is 0 Å². The molecule has 0 fully saturated rings. The molecule has 104 valence electrons. The molecule has 21 heavy (non-hydrogen) atoms. The van der Waals surface area contributed by atoms with E-state index >= 15 is 0 Å². The molecule has 0 aliphatic heterocycles. The minimum absolute atomic E-state index is 0.0530. The molecule has 0 spiro atoms. The molecule has 1 aromatic heterocycles. The van der Waals surface area contributed by atoms with Crippen molar-refractivity contribution in [3.8, 4) is 0 Å². The fourth-order valence-corrected chi connectivity index (χ4v) is 3.85. The van der Waals surface area contributed by atoms with E-state index in [4.69, 9.17) is 0 Å². The quantitative estimate of drug-likeness (QED) is 0.571. The van der Waals surface area contributed by atoms with Crippen LogP contribution in [0.3, 0.4) is 0 Å². The third-order valence-electron chi connectivity index (χ3n) is 4.85. The van der Waals surface area contributed by atoms with Gasteiger partial charge in [0.15, 0.2) is 0 Å². The molecule has 4 rings (SSSR count). The van der Waals surface area contributed by atoms with Gasteiger partial charge in [0.1, 0.15) is 0 Å². The van der Waals surface area contributed by atoms with E-state index in [1.54, 1.807) is 0 Å². The maximum Gasteiger partial charge on any atom is 0.0509 e. The molecule has 0 N–H and O–H groups in total. The van der Waals surface area contributed by atoms with E-state index in [-0.39, 0.29) is 5.41 Å². The topological polar surface area (TPSA) is 4.93 Å². The summed E-state index contributed by atoms with van der Waals surface area (Å²) in [6.07, 6.45) is 5.71. The second-order valence-electron chi connectivity index (χ2n) is 6.08. The average Bonchev–Trinajstić information content (AvgIpc) is 2.83. The Balaban J connectivity index is 2.07. The lowest BCUT2D eigenvalue weighted by atomic mass is 9.74. The summed E-state index contributed by atoms with van der Waals surface area (Å²) >= 11 is 0. The van der Waals surface area contributed by atoms with Crippen LogP contribution < -0.4 is 0 Å². The first kappa shape index (κ1) is 12.5. The lowest BCUT2D eigenvalue weighted by Crippen LogP contribution is -2.27. The van der Waals surface area contributed by atoms with Crippen LogP contribution in [0.25, 0.3) is 10.9 Å². The number of fused-ring (bicyclic) bond motifs is 3. The van der Waals surface area contributed by atoms with Gasteiger partial charge in [0.05, 0.1) is 5.41 Å². The molecule has 0 saturated carbocycles. The first-order valence-corrected chi connectivity index (χ1v) is 7.52. The zero-order chi connectivity index (χ0) is 14.4. The fraction of sp³-hybridized carbons (Fsp3) is 0.200. The maximum absolute atomic E-state index is 2.38. The van der Waals surface area contributed by atoms with Gasteiger partial charge in [0, 0.05) is 23.6 Å². The summed E-state index contributed by atoms with van der Waals surface area (Å²) in [7, 11) is 2.20. The number of nitrogens with zero attached hydrogens (tertiary/aromatic N) is 1. The fourth-order valence-electron chi connectivity index (χ4n) is 3.85. The van der Waals surface area contributed by atoms with Gasteiger partial charge in [0.2, 0.25) is 0 Å². The molecule has 0 radical (unpaired) electrons. The average molecular weight is 273 g/mol. The number of benzene rings is 2. The number of hydrogen-bond donors (Lipinski definition) is 0. The highest BCUT2D eigenvalue weighted by Gasteiger charge is 2.34. The summed E-state index contributed by atoms with van der Waals surface area (Å²) < 4.78 is 2.38. The Morgan fingerprint density at radius 3 is 2.48 bits per heavy atom. The minimum Gasteiger partial charge on any atom is -0.346 e. The Morgan fingerprint density at radius 1 is 0.952 bits per heavy atom. The second-order valence-corrected chi connectivity index (χ2v) is 6.08. The van der Waals surface area contributed by atoms with Gasteiger partial charge in [-0.25, -0.2) is 0 Å². The van der Waals surface area contributed by atoms with Crippen LogP contribution in [0.2, 0.25) is 0 Å². The van der Waals surface area contributed by atoms with Crippen molar-refractivity contribution in [3.63, 3.8) is 0 Å². The van der Waals surface area contributed by atoms with E-state index in [1.165, 1.54) is 27.7 Å². The zero-order valence-corrected chi connectivity index (χ0v) is 12.5.